The molecule has 2 rings (SSSR count). The highest BCUT2D eigenvalue weighted by atomic mass is 16.3. The van der Waals surface area contributed by atoms with E-state index in [9.17, 15) is 5.11 Å². The van der Waals surface area contributed by atoms with Crippen molar-refractivity contribution in [3.63, 3.8) is 0 Å². The number of rotatable bonds is 3. The first-order valence-electron chi connectivity index (χ1n) is 6.46. The molecular weight excluding hydrogens is 226 g/mol. The Morgan fingerprint density at radius 1 is 1.33 bits per heavy atom. The van der Waals surface area contributed by atoms with Gasteiger partial charge in [-0.15, -0.1) is 0 Å². The topological polar surface area (TPSA) is 51.7 Å². The zero-order valence-corrected chi connectivity index (χ0v) is 10.8. The van der Waals surface area contributed by atoms with Gasteiger partial charge in [0.25, 0.3) is 0 Å². The van der Waals surface area contributed by atoms with Crippen LogP contribution in [0.4, 0.5) is 5.69 Å². The number of nitriles is 1. The van der Waals surface area contributed by atoms with Crippen LogP contribution in [0.2, 0.25) is 0 Å². The molecule has 1 aromatic rings. The second-order valence-electron chi connectivity index (χ2n) is 4.99. The first kappa shape index (κ1) is 12.7. The van der Waals surface area contributed by atoms with Crippen LogP contribution < -0.4 is 9.80 Å². The van der Waals surface area contributed by atoms with Gasteiger partial charge in [-0.2, -0.15) is 5.26 Å². The van der Waals surface area contributed by atoms with Crippen molar-refractivity contribution in [2.24, 2.45) is 5.92 Å². The van der Waals surface area contributed by atoms with Gasteiger partial charge in [-0.1, -0.05) is 0 Å². The fourth-order valence-corrected chi connectivity index (χ4v) is 2.43. The molecule has 0 saturated carbocycles. The van der Waals surface area contributed by atoms with Crippen molar-refractivity contribution in [1.82, 2.24) is 0 Å². The van der Waals surface area contributed by atoms with Gasteiger partial charge in [0.1, 0.15) is 5.75 Å². The first-order valence-corrected chi connectivity index (χ1v) is 6.46. The average Bonchev–Trinajstić information content (AvgIpc) is 2.40. The molecule has 1 aromatic carbocycles. The number of phenols is 1. The number of nitrogens with one attached hydrogen (secondary N) is 1. The maximum Gasteiger partial charge on any atom is 0.115 e. The van der Waals surface area contributed by atoms with E-state index in [4.69, 9.17) is 5.26 Å². The molecule has 18 heavy (non-hydrogen) atoms. The van der Waals surface area contributed by atoms with Crippen molar-refractivity contribution in [1.29, 1.82) is 5.26 Å². The minimum atomic E-state index is 0.139. The van der Waals surface area contributed by atoms with Gasteiger partial charge in [-0.25, -0.2) is 0 Å². The van der Waals surface area contributed by atoms with E-state index in [0.717, 1.165) is 32.7 Å². The van der Waals surface area contributed by atoms with Crippen molar-refractivity contribution >= 4 is 5.69 Å². The quantitative estimate of drug-likeness (QED) is 0.804. The maximum atomic E-state index is 9.27. The summed E-state index contributed by atoms with van der Waals surface area (Å²) in [6, 6.07) is 9.67. The standard InChI is InChI=1S/C14H19N3O/c1-12(10-15)11-16-6-8-17(9-7-16)13-2-4-14(18)5-3-13/h2-5,12,18H,6-9,11H2,1H3/p+1/t12-/m1/s1. The SMILES string of the molecule is C[C@H](C#N)C[NH+]1CCN(c2ccc(O)cc2)CC1. The number of nitrogens with zero attached hydrogens (tertiary/aromatic N) is 2. The van der Waals surface area contributed by atoms with Gasteiger partial charge in [0.2, 0.25) is 0 Å². The van der Waals surface area contributed by atoms with Gasteiger partial charge in [0, 0.05) is 5.69 Å². The van der Waals surface area contributed by atoms with E-state index in [1.165, 1.54) is 10.6 Å². The molecule has 1 aliphatic rings. The summed E-state index contributed by atoms with van der Waals surface area (Å²) in [4.78, 5) is 3.85. The molecule has 0 unspecified atom stereocenters. The molecule has 0 aliphatic carbocycles. The summed E-state index contributed by atoms with van der Waals surface area (Å²) >= 11 is 0. The lowest BCUT2D eigenvalue weighted by Gasteiger charge is -2.34. The van der Waals surface area contributed by atoms with Crippen molar-refractivity contribution in [2.45, 2.75) is 6.92 Å². The van der Waals surface area contributed by atoms with Gasteiger partial charge in [-0.05, 0) is 31.2 Å². The Balaban J connectivity index is 1.87. The second kappa shape index (κ2) is 5.74. The number of anilines is 1. The lowest BCUT2D eigenvalue weighted by atomic mass is 10.1. The predicted molar refractivity (Wildman–Crippen MR) is 70.7 cm³/mol. The number of quaternary nitrogens is 1. The molecular formula is C14H20N3O+. The van der Waals surface area contributed by atoms with Crippen molar-refractivity contribution < 1.29 is 10.0 Å². The summed E-state index contributed by atoms with van der Waals surface area (Å²) in [5.41, 5.74) is 1.17. The van der Waals surface area contributed by atoms with E-state index >= 15 is 0 Å². The Labute approximate surface area is 108 Å². The zero-order valence-electron chi connectivity index (χ0n) is 10.8. The Hall–Kier alpha value is -1.73. The predicted octanol–water partition coefficient (Wildman–Crippen LogP) is 0.257. The molecule has 4 nitrogen and oxygen atoms in total. The molecule has 1 aliphatic heterocycles. The third-order valence-corrected chi connectivity index (χ3v) is 3.50. The van der Waals surface area contributed by atoms with Crippen LogP contribution in [0.15, 0.2) is 24.3 Å². The van der Waals surface area contributed by atoms with Crippen molar-refractivity contribution in [3.8, 4) is 11.8 Å². The molecule has 1 heterocycles. The van der Waals surface area contributed by atoms with Gasteiger partial charge in [-0.3, -0.25) is 0 Å². The number of hydrogen-bond acceptors (Lipinski definition) is 3. The number of aromatic hydroxyl groups is 1. The van der Waals surface area contributed by atoms with Crippen LogP contribution in [0.25, 0.3) is 0 Å². The summed E-state index contributed by atoms with van der Waals surface area (Å²) < 4.78 is 0. The van der Waals surface area contributed by atoms with E-state index in [1.807, 2.05) is 19.1 Å². The molecule has 0 radical (unpaired) electrons. The van der Waals surface area contributed by atoms with Gasteiger partial charge < -0.3 is 14.9 Å². The van der Waals surface area contributed by atoms with Crippen LogP contribution in [0.1, 0.15) is 6.92 Å². The summed E-state index contributed by atoms with van der Waals surface area (Å²) in [5, 5.41) is 18.1. The summed E-state index contributed by atoms with van der Waals surface area (Å²) in [5.74, 6) is 0.450. The highest BCUT2D eigenvalue weighted by Crippen LogP contribution is 2.18. The van der Waals surface area contributed by atoms with Crippen LogP contribution in [0.3, 0.4) is 0 Å². The van der Waals surface area contributed by atoms with Crippen molar-refractivity contribution in [3.05, 3.63) is 24.3 Å². The Morgan fingerprint density at radius 2 is 1.94 bits per heavy atom. The third kappa shape index (κ3) is 3.14. The maximum absolute atomic E-state index is 9.27. The minimum absolute atomic E-state index is 0.139. The Bertz CT molecular complexity index is 416. The third-order valence-electron chi connectivity index (χ3n) is 3.50. The molecule has 0 bridgehead atoms. The number of phenolic OH excluding ortho intramolecular Hbond substituents is 1. The van der Waals surface area contributed by atoms with Gasteiger partial charge in [0.05, 0.1) is 44.7 Å². The molecule has 96 valence electrons. The molecule has 1 atom stereocenters. The fraction of sp³-hybridized carbons (Fsp3) is 0.500. The van der Waals surface area contributed by atoms with E-state index in [1.54, 1.807) is 12.1 Å². The van der Waals surface area contributed by atoms with E-state index in [-0.39, 0.29) is 5.92 Å². The lowest BCUT2D eigenvalue weighted by Crippen LogP contribution is -3.15. The molecule has 2 N–H and O–H groups in total. The van der Waals surface area contributed by atoms with Crippen LogP contribution in [-0.2, 0) is 0 Å². The molecule has 0 spiro atoms. The largest absolute Gasteiger partial charge is 0.508 e. The first-order chi connectivity index (χ1) is 8.69. The Morgan fingerprint density at radius 3 is 2.50 bits per heavy atom. The van der Waals surface area contributed by atoms with E-state index < -0.39 is 0 Å². The molecule has 0 amide bonds. The van der Waals surface area contributed by atoms with Gasteiger partial charge >= 0.3 is 0 Å². The summed E-state index contributed by atoms with van der Waals surface area (Å²) in [6.45, 7) is 7.11. The van der Waals surface area contributed by atoms with E-state index in [2.05, 4.69) is 11.0 Å². The molecule has 0 aromatic heterocycles. The number of piperazine rings is 1. The monoisotopic (exact) mass is 246 g/mol. The highest BCUT2D eigenvalue weighted by Gasteiger charge is 2.21. The second-order valence-corrected chi connectivity index (χ2v) is 4.99. The average molecular weight is 246 g/mol. The summed E-state index contributed by atoms with van der Waals surface area (Å²) in [6.07, 6.45) is 0. The van der Waals surface area contributed by atoms with Crippen molar-refractivity contribution in [2.75, 3.05) is 37.6 Å². The molecule has 1 fully saturated rings. The Kier molecular flexibility index (Phi) is 4.06. The minimum Gasteiger partial charge on any atom is -0.508 e. The highest BCUT2D eigenvalue weighted by molar-refractivity contribution is 5.48. The van der Waals surface area contributed by atoms with Crippen LogP contribution >= 0.6 is 0 Å². The van der Waals surface area contributed by atoms with E-state index in [0.29, 0.717) is 5.75 Å². The van der Waals surface area contributed by atoms with Crippen LogP contribution in [0.5, 0.6) is 5.75 Å². The smallest absolute Gasteiger partial charge is 0.115 e. The van der Waals surface area contributed by atoms with Crippen LogP contribution in [0, 0.1) is 17.2 Å². The van der Waals surface area contributed by atoms with Crippen LogP contribution in [-0.4, -0.2) is 37.8 Å². The zero-order chi connectivity index (χ0) is 13.0. The van der Waals surface area contributed by atoms with Gasteiger partial charge in [0.15, 0.2) is 0 Å². The molecule has 1 saturated heterocycles. The molecule has 4 heteroatoms. The number of benzene rings is 1. The summed E-state index contributed by atoms with van der Waals surface area (Å²) in [7, 11) is 0. The lowest BCUT2D eigenvalue weighted by molar-refractivity contribution is -0.902. The number of hydrogen-bond donors (Lipinski definition) is 2. The fourth-order valence-electron chi connectivity index (χ4n) is 2.43. The normalized spacial score (nSPS) is 18.3.